The second-order valence-electron chi connectivity index (χ2n) is 3.98. The Bertz CT molecular complexity index is 420. The van der Waals surface area contributed by atoms with E-state index in [9.17, 15) is 8.42 Å². The van der Waals surface area contributed by atoms with E-state index in [1.807, 2.05) is 24.3 Å². The molecule has 4 heteroatoms. The molecule has 0 unspecified atom stereocenters. The van der Waals surface area contributed by atoms with Crippen molar-refractivity contribution in [3.63, 3.8) is 0 Å². The Labute approximate surface area is 91.8 Å². The lowest BCUT2D eigenvalue weighted by molar-refractivity contribution is 0.600. The minimum absolute atomic E-state index is 0.461. The van der Waals surface area contributed by atoms with Crippen LogP contribution in [0.3, 0.4) is 0 Å². The Balaban J connectivity index is 3.00. The average Bonchev–Trinajstić information content (AvgIpc) is 2.15. The SMILES string of the molecule is CC(C)c1ccc(N(C)S(C)(=O)=O)cc1. The molecule has 0 heterocycles. The van der Waals surface area contributed by atoms with Crippen LogP contribution in [-0.2, 0) is 10.0 Å². The Morgan fingerprint density at radius 1 is 1.13 bits per heavy atom. The van der Waals surface area contributed by atoms with Gasteiger partial charge >= 0.3 is 0 Å². The fourth-order valence-corrected chi connectivity index (χ4v) is 1.77. The maximum absolute atomic E-state index is 11.3. The summed E-state index contributed by atoms with van der Waals surface area (Å²) in [7, 11) is -1.60. The summed E-state index contributed by atoms with van der Waals surface area (Å²) in [6.45, 7) is 4.21. The van der Waals surface area contributed by atoms with Crippen LogP contribution in [0.2, 0.25) is 0 Å². The van der Waals surface area contributed by atoms with E-state index in [1.165, 1.54) is 16.1 Å². The highest BCUT2D eigenvalue weighted by atomic mass is 32.2. The molecular formula is C11H17NO2S. The van der Waals surface area contributed by atoms with Crippen LogP contribution in [-0.4, -0.2) is 21.7 Å². The van der Waals surface area contributed by atoms with Crippen LogP contribution in [0.4, 0.5) is 5.69 Å². The number of sulfonamides is 1. The van der Waals surface area contributed by atoms with Gasteiger partial charge in [-0.2, -0.15) is 0 Å². The third kappa shape index (κ3) is 2.96. The van der Waals surface area contributed by atoms with Gasteiger partial charge in [0.1, 0.15) is 0 Å². The first-order valence-corrected chi connectivity index (χ1v) is 6.71. The van der Waals surface area contributed by atoms with E-state index in [0.717, 1.165) is 0 Å². The number of hydrogen-bond donors (Lipinski definition) is 0. The van der Waals surface area contributed by atoms with Gasteiger partial charge in [0.15, 0.2) is 0 Å². The van der Waals surface area contributed by atoms with Crippen LogP contribution in [0.25, 0.3) is 0 Å². The summed E-state index contributed by atoms with van der Waals surface area (Å²) in [4.78, 5) is 0. The first kappa shape index (κ1) is 12.0. The van der Waals surface area contributed by atoms with E-state index in [4.69, 9.17) is 0 Å². The standard InChI is InChI=1S/C11H17NO2S/c1-9(2)10-5-7-11(8-6-10)12(3)15(4,13)14/h5-9H,1-4H3. The quantitative estimate of drug-likeness (QED) is 0.794. The molecule has 0 N–H and O–H groups in total. The summed E-state index contributed by atoms with van der Waals surface area (Å²) in [6, 6.07) is 7.58. The second-order valence-corrected chi connectivity index (χ2v) is 5.99. The minimum atomic E-state index is -3.16. The van der Waals surface area contributed by atoms with Crippen molar-refractivity contribution >= 4 is 15.7 Å². The van der Waals surface area contributed by atoms with E-state index in [2.05, 4.69) is 13.8 Å². The zero-order valence-corrected chi connectivity index (χ0v) is 10.4. The largest absolute Gasteiger partial charge is 0.274 e. The smallest absolute Gasteiger partial charge is 0.231 e. The van der Waals surface area contributed by atoms with E-state index >= 15 is 0 Å². The Hall–Kier alpha value is -1.03. The number of anilines is 1. The average molecular weight is 227 g/mol. The van der Waals surface area contributed by atoms with Crippen molar-refractivity contribution in [2.75, 3.05) is 17.6 Å². The molecule has 0 aliphatic carbocycles. The van der Waals surface area contributed by atoms with Gasteiger partial charge in [-0.25, -0.2) is 8.42 Å². The van der Waals surface area contributed by atoms with E-state index in [1.54, 1.807) is 7.05 Å². The summed E-state index contributed by atoms with van der Waals surface area (Å²) in [6.07, 6.45) is 1.20. The van der Waals surface area contributed by atoms with Gasteiger partial charge < -0.3 is 0 Å². The monoisotopic (exact) mass is 227 g/mol. The lowest BCUT2D eigenvalue weighted by Crippen LogP contribution is -2.24. The van der Waals surface area contributed by atoms with Crippen LogP contribution in [0.5, 0.6) is 0 Å². The molecule has 1 rings (SSSR count). The van der Waals surface area contributed by atoms with Crippen molar-refractivity contribution in [3.05, 3.63) is 29.8 Å². The van der Waals surface area contributed by atoms with Gasteiger partial charge in [-0.3, -0.25) is 4.31 Å². The number of benzene rings is 1. The summed E-state index contributed by atoms with van der Waals surface area (Å²) in [5.74, 6) is 0.461. The van der Waals surface area contributed by atoms with Gasteiger partial charge in [0, 0.05) is 7.05 Å². The second kappa shape index (κ2) is 4.23. The van der Waals surface area contributed by atoms with E-state index in [0.29, 0.717) is 11.6 Å². The molecule has 1 aromatic carbocycles. The first-order valence-electron chi connectivity index (χ1n) is 4.86. The molecule has 0 saturated carbocycles. The number of nitrogens with zero attached hydrogens (tertiary/aromatic N) is 1. The highest BCUT2D eigenvalue weighted by molar-refractivity contribution is 7.92. The predicted molar refractivity (Wildman–Crippen MR) is 63.8 cm³/mol. The van der Waals surface area contributed by atoms with Crippen molar-refractivity contribution in [1.29, 1.82) is 0 Å². The fraction of sp³-hybridized carbons (Fsp3) is 0.455. The van der Waals surface area contributed by atoms with Crippen molar-refractivity contribution in [3.8, 4) is 0 Å². The molecule has 0 aliphatic heterocycles. The fourth-order valence-electron chi connectivity index (χ4n) is 1.26. The number of hydrogen-bond acceptors (Lipinski definition) is 2. The van der Waals surface area contributed by atoms with Gasteiger partial charge in [-0.15, -0.1) is 0 Å². The Morgan fingerprint density at radius 2 is 1.60 bits per heavy atom. The molecule has 1 aromatic rings. The Morgan fingerprint density at radius 3 is 1.93 bits per heavy atom. The van der Waals surface area contributed by atoms with Crippen LogP contribution in [0, 0.1) is 0 Å². The zero-order chi connectivity index (χ0) is 11.6. The third-order valence-corrected chi connectivity index (χ3v) is 3.63. The highest BCUT2D eigenvalue weighted by Crippen LogP contribution is 2.20. The van der Waals surface area contributed by atoms with Gasteiger partial charge in [0.2, 0.25) is 10.0 Å². The van der Waals surface area contributed by atoms with E-state index in [-0.39, 0.29) is 0 Å². The summed E-state index contributed by atoms with van der Waals surface area (Å²) in [5.41, 5.74) is 1.91. The lowest BCUT2D eigenvalue weighted by atomic mass is 10.0. The summed E-state index contributed by atoms with van der Waals surface area (Å²) >= 11 is 0. The molecule has 0 atom stereocenters. The highest BCUT2D eigenvalue weighted by Gasteiger charge is 2.11. The first-order chi connectivity index (χ1) is 6.82. The third-order valence-electron chi connectivity index (χ3n) is 2.42. The zero-order valence-electron chi connectivity index (χ0n) is 9.56. The molecule has 15 heavy (non-hydrogen) atoms. The molecule has 0 spiro atoms. The van der Waals surface area contributed by atoms with Crippen molar-refractivity contribution in [2.45, 2.75) is 19.8 Å². The van der Waals surface area contributed by atoms with Crippen LogP contribution in [0.15, 0.2) is 24.3 Å². The van der Waals surface area contributed by atoms with Crippen molar-refractivity contribution < 1.29 is 8.42 Å². The normalized spacial score (nSPS) is 11.8. The summed E-state index contributed by atoms with van der Waals surface area (Å²) in [5, 5.41) is 0. The molecule has 0 aromatic heterocycles. The van der Waals surface area contributed by atoms with Crippen LogP contribution >= 0.6 is 0 Å². The molecule has 0 aliphatic rings. The molecule has 0 radical (unpaired) electrons. The predicted octanol–water partition coefficient (Wildman–Crippen LogP) is 2.21. The molecule has 0 fully saturated rings. The lowest BCUT2D eigenvalue weighted by Gasteiger charge is -2.17. The minimum Gasteiger partial charge on any atom is -0.274 e. The molecule has 0 amide bonds. The molecule has 84 valence electrons. The van der Waals surface area contributed by atoms with Crippen LogP contribution in [0.1, 0.15) is 25.3 Å². The number of rotatable bonds is 3. The van der Waals surface area contributed by atoms with Crippen molar-refractivity contribution in [2.24, 2.45) is 0 Å². The topological polar surface area (TPSA) is 37.4 Å². The maximum atomic E-state index is 11.3. The van der Waals surface area contributed by atoms with Gasteiger partial charge in [0.05, 0.1) is 11.9 Å². The molecule has 0 bridgehead atoms. The van der Waals surface area contributed by atoms with Gasteiger partial charge in [0.25, 0.3) is 0 Å². The van der Waals surface area contributed by atoms with Crippen LogP contribution < -0.4 is 4.31 Å². The summed E-state index contributed by atoms with van der Waals surface area (Å²) < 4.78 is 23.8. The molecule has 0 saturated heterocycles. The van der Waals surface area contributed by atoms with Gasteiger partial charge in [-0.1, -0.05) is 26.0 Å². The van der Waals surface area contributed by atoms with E-state index < -0.39 is 10.0 Å². The van der Waals surface area contributed by atoms with Crippen molar-refractivity contribution in [1.82, 2.24) is 0 Å². The Kier molecular flexibility index (Phi) is 3.39. The van der Waals surface area contributed by atoms with Gasteiger partial charge in [-0.05, 0) is 23.6 Å². The molecular weight excluding hydrogens is 210 g/mol. The maximum Gasteiger partial charge on any atom is 0.231 e. The molecule has 3 nitrogen and oxygen atoms in total.